The van der Waals surface area contributed by atoms with Crippen molar-refractivity contribution in [2.75, 3.05) is 11.9 Å². The average molecular weight is 308 g/mol. The molecule has 1 aliphatic rings. The van der Waals surface area contributed by atoms with Crippen molar-refractivity contribution in [1.82, 2.24) is 15.0 Å². The Hall–Kier alpha value is -2.56. The molecule has 0 unspecified atom stereocenters. The molecule has 1 saturated carbocycles. The fraction of sp³-hybridized carbons (Fsp3) is 0.333. The molecule has 2 aromatic rings. The van der Waals surface area contributed by atoms with Crippen LogP contribution in [0, 0.1) is 0 Å². The van der Waals surface area contributed by atoms with Gasteiger partial charge in [0.15, 0.2) is 5.78 Å². The van der Waals surface area contributed by atoms with Crippen molar-refractivity contribution < 1.29 is 4.79 Å². The molecule has 23 heavy (non-hydrogen) atoms. The molecule has 118 valence electrons. The molecule has 0 aromatic carbocycles. The normalized spacial score (nSPS) is 13.7. The lowest BCUT2D eigenvalue weighted by Gasteiger charge is -2.22. The molecule has 2 heterocycles. The van der Waals surface area contributed by atoms with Crippen LogP contribution in [0.2, 0.25) is 0 Å². The summed E-state index contributed by atoms with van der Waals surface area (Å²) in [6.45, 7) is 6.07. The first-order valence-electron chi connectivity index (χ1n) is 7.75. The maximum atomic E-state index is 12.0. The highest BCUT2D eigenvalue weighted by atomic mass is 16.1. The minimum Gasteiger partial charge on any atom is -0.355 e. The van der Waals surface area contributed by atoms with Crippen molar-refractivity contribution in [3.63, 3.8) is 0 Å². The quantitative estimate of drug-likeness (QED) is 0.767. The summed E-state index contributed by atoms with van der Waals surface area (Å²) in [5.74, 6) is 1.87. The van der Waals surface area contributed by atoms with Crippen LogP contribution >= 0.6 is 0 Å². The summed E-state index contributed by atoms with van der Waals surface area (Å²) in [6, 6.07) is 3.94. The molecule has 1 aliphatic carbocycles. The largest absolute Gasteiger partial charge is 0.355 e. The molecule has 0 atom stereocenters. The van der Waals surface area contributed by atoms with Crippen molar-refractivity contribution in [2.24, 2.45) is 0 Å². The van der Waals surface area contributed by atoms with Gasteiger partial charge in [0.05, 0.1) is 0 Å². The number of nitrogens with zero attached hydrogens (tertiary/aromatic N) is 4. The van der Waals surface area contributed by atoms with E-state index in [1.807, 2.05) is 24.1 Å². The number of anilines is 1. The molecule has 1 fully saturated rings. The summed E-state index contributed by atoms with van der Waals surface area (Å²) >= 11 is 0. The van der Waals surface area contributed by atoms with Crippen LogP contribution in [0.3, 0.4) is 0 Å². The molecule has 0 radical (unpaired) electrons. The van der Waals surface area contributed by atoms with Gasteiger partial charge in [0, 0.05) is 44.4 Å². The highest BCUT2D eigenvalue weighted by molar-refractivity contribution is 5.97. The van der Waals surface area contributed by atoms with Gasteiger partial charge in [-0.05, 0) is 30.5 Å². The Bertz CT molecular complexity index is 738. The lowest BCUT2D eigenvalue weighted by molar-refractivity contribution is 0.101. The van der Waals surface area contributed by atoms with E-state index >= 15 is 0 Å². The van der Waals surface area contributed by atoms with Crippen LogP contribution in [0.15, 0.2) is 31.1 Å². The standard InChI is InChI=1S/C18H20N4O/c1-4-15-16(12(2)23)20-17(14-5-6-14)21-18(15)22(3)11-13-7-9-19-10-8-13/h4,7-10,14H,1,5-6,11H2,2-3H3. The van der Waals surface area contributed by atoms with E-state index in [9.17, 15) is 4.79 Å². The first-order valence-corrected chi connectivity index (χ1v) is 7.75. The fourth-order valence-corrected chi connectivity index (χ4v) is 2.58. The first-order chi connectivity index (χ1) is 11.1. The topological polar surface area (TPSA) is 59.0 Å². The number of carbonyl (C=O) groups excluding carboxylic acids is 1. The molecular formula is C18H20N4O. The van der Waals surface area contributed by atoms with E-state index in [1.165, 1.54) is 0 Å². The van der Waals surface area contributed by atoms with Gasteiger partial charge in [-0.3, -0.25) is 9.78 Å². The van der Waals surface area contributed by atoms with Gasteiger partial charge in [0.1, 0.15) is 17.3 Å². The first kappa shape index (κ1) is 15.3. The highest BCUT2D eigenvalue weighted by Crippen LogP contribution is 2.39. The van der Waals surface area contributed by atoms with Gasteiger partial charge >= 0.3 is 0 Å². The molecule has 5 nitrogen and oxygen atoms in total. The van der Waals surface area contributed by atoms with Crippen molar-refractivity contribution in [1.29, 1.82) is 0 Å². The number of hydrogen-bond donors (Lipinski definition) is 0. The van der Waals surface area contributed by atoms with Gasteiger partial charge in [0.2, 0.25) is 0 Å². The molecule has 0 saturated heterocycles. The van der Waals surface area contributed by atoms with E-state index in [0.717, 1.165) is 30.0 Å². The Morgan fingerprint density at radius 3 is 2.61 bits per heavy atom. The van der Waals surface area contributed by atoms with Crippen LogP contribution in [0.5, 0.6) is 0 Å². The molecule has 0 spiro atoms. The monoisotopic (exact) mass is 308 g/mol. The summed E-state index contributed by atoms with van der Waals surface area (Å²) in [6.07, 6.45) is 7.41. The van der Waals surface area contributed by atoms with Crippen LogP contribution in [0.25, 0.3) is 6.08 Å². The van der Waals surface area contributed by atoms with Crippen LogP contribution in [0.4, 0.5) is 5.82 Å². The van der Waals surface area contributed by atoms with Crippen molar-refractivity contribution in [3.8, 4) is 0 Å². The Morgan fingerprint density at radius 2 is 2.04 bits per heavy atom. The molecule has 0 N–H and O–H groups in total. The second-order valence-electron chi connectivity index (χ2n) is 5.91. The van der Waals surface area contributed by atoms with Crippen molar-refractivity contribution in [3.05, 3.63) is 53.8 Å². The zero-order chi connectivity index (χ0) is 16.4. The number of aromatic nitrogens is 3. The van der Waals surface area contributed by atoms with Gasteiger partial charge in [-0.25, -0.2) is 9.97 Å². The highest BCUT2D eigenvalue weighted by Gasteiger charge is 2.29. The molecule has 0 aliphatic heterocycles. The Morgan fingerprint density at radius 1 is 1.35 bits per heavy atom. The summed E-state index contributed by atoms with van der Waals surface area (Å²) in [5, 5.41) is 0. The van der Waals surface area contributed by atoms with E-state index in [4.69, 9.17) is 4.98 Å². The van der Waals surface area contributed by atoms with Gasteiger partial charge in [-0.1, -0.05) is 12.7 Å². The number of pyridine rings is 1. The van der Waals surface area contributed by atoms with Crippen LogP contribution in [-0.2, 0) is 6.54 Å². The minimum atomic E-state index is -0.0530. The van der Waals surface area contributed by atoms with E-state index in [1.54, 1.807) is 25.4 Å². The number of carbonyl (C=O) groups is 1. The number of ketones is 1. The summed E-state index contributed by atoms with van der Waals surface area (Å²) in [5.41, 5.74) is 2.31. The van der Waals surface area contributed by atoms with E-state index in [2.05, 4.69) is 16.5 Å². The number of hydrogen-bond acceptors (Lipinski definition) is 5. The average Bonchev–Trinajstić information content (AvgIpc) is 3.39. The van der Waals surface area contributed by atoms with Gasteiger partial charge in [0.25, 0.3) is 0 Å². The Balaban J connectivity index is 2.01. The third-order valence-corrected chi connectivity index (χ3v) is 3.95. The number of rotatable bonds is 6. The molecule has 2 aromatic heterocycles. The predicted molar refractivity (Wildman–Crippen MR) is 90.4 cm³/mol. The van der Waals surface area contributed by atoms with Gasteiger partial charge in [-0.2, -0.15) is 0 Å². The van der Waals surface area contributed by atoms with E-state index in [-0.39, 0.29) is 5.78 Å². The smallest absolute Gasteiger partial charge is 0.178 e. The minimum absolute atomic E-state index is 0.0530. The van der Waals surface area contributed by atoms with Crippen LogP contribution in [0.1, 0.15) is 53.1 Å². The lowest BCUT2D eigenvalue weighted by atomic mass is 10.1. The zero-order valence-electron chi connectivity index (χ0n) is 13.5. The maximum Gasteiger partial charge on any atom is 0.178 e. The predicted octanol–water partition coefficient (Wildman–Crippen LogP) is 3.23. The van der Waals surface area contributed by atoms with Crippen LogP contribution < -0.4 is 4.90 Å². The third kappa shape index (κ3) is 3.28. The van der Waals surface area contributed by atoms with Crippen LogP contribution in [-0.4, -0.2) is 27.8 Å². The number of Topliss-reactive ketones (excluding diaryl/α,β-unsaturated/α-hetero) is 1. The molecule has 0 amide bonds. The van der Waals surface area contributed by atoms with Gasteiger partial charge in [-0.15, -0.1) is 0 Å². The SMILES string of the molecule is C=Cc1c(C(C)=O)nc(C2CC2)nc1N(C)Cc1ccncc1. The molecular weight excluding hydrogens is 288 g/mol. The fourth-order valence-electron chi connectivity index (χ4n) is 2.58. The Kier molecular flexibility index (Phi) is 4.19. The third-order valence-electron chi connectivity index (χ3n) is 3.95. The molecule has 5 heteroatoms. The molecule has 3 rings (SSSR count). The van der Waals surface area contributed by atoms with E-state index in [0.29, 0.717) is 23.7 Å². The lowest BCUT2D eigenvalue weighted by Crippen LogP contribution is -2.21. The second kappa shape index (κ2) is 6.28. The summed E-state index contributed by atoms with van der Waals surface area (Å²) in [7, 11) is 1.97. The molecule has 0 bridgehead atoms. The second-order valence-corrected chi connectivity index (χ2v) is 5.91. The van der Waals surface area contributed by atoms with Crippen molar-refractivity contribution >= 4 is 17.7 Å². The van der Waals surface area contributed by atoms with E-state index < -0.39 is 0 Å². The maximum absolute atomic E-state index is 12.0. The van der Waals surface area contributed by atoms with Crippen molar-refractivity contribution in [2.45, 2.75) is 32.2 Å². The Labute approximate surface area is 136 Å². The summed E-state index contributed by atoms with van der Waals surface area (Å²) < 4.78 is 0. The van der Waals surface area contributed by atoms with Gasteiger partial charge < -0.3 is 4.90 Å². The summed E-state index contributed by atoms with van der Waals surface area (Å²) in [4.78, 5) is 27.3. The zero-order valence-corrected chi connectivity index (χ0v) is 13.5.